The number of carbonyl (C=O) groups excluding carboxylic acids is 1. The molecule has 1 rings (SSSR count). The van der Waals surface area contributed by atoms with Crippen molar-refractivity contribution in [3.63, 3.8) is 0 Å². The van der Waals surface area contributed by atoms with E-state index in [-0.39, 0.29) is 6.61 Å². The van der Waals surface area contributed by atoms with E-state index >= 15 is 0 Å². The van der Waals surface area contributed by atoms with Gasteiger partial charge in [-0.2, -0.15) is 0 Å². The van der Waals surface area contributed by atoms with Gasteiger partial charge < -0.3 is 25.4 Å². The van der Waals surface area contributed by atoms with Gasteiger partial charge in [0.05, 0.1) is 12.1 Å². The molecule has 4 N–H and O–H groups in total. The molecule has 0 aromatic rings. The fraction of sp³-hybridized carbons (Fsp3) is 0.909. The monoisotopic (exact) mass is 247 g/mol. The van der Waals surface area contributed by atoms with Gasteiger partial charge >= 0.3 is 6.09 Å². The van der Waals surface area contributed by atoms with E-state index < -0.39 is 35.9 Å². The van der Waals surface area contributed by atoms with Crippen molar-refractivity contribution >= 4 is 6.09 Å². The Bertz CT molecular complexity index is 276. The van der Waals surface area contributed by atoms with Crippen LogP contribution in [0.1, 0.15) is 27.2 Å². The van der Waals surface area contributed by atoms with Crippen LogP contribution in [-0.2, 0) is 4.74 Å². The molecule has 1 saturated carbocycles. The summed E-state index contributed by atoms with van der Waals surface area (Å²) >= 11 is 0. The van der Waals surface area contributed by atoms with Gasteiger partial charge in [0.2, 0.25) is 0 Å². The minimum Gasteiger partial charge on any atom is -0.444 e. The van der Waals surface area contributed by atoms with Crippen molar-refractivity contribution in [1.29, 1.82) is 0 Å². The summed E-state index contributed by atoms with van der Waals surface area (Å²) in [5.74, 6) is -0.412. The van der Waals surface area contributed by atoms with Crippen LogP contribution in [0.3, 0.4) is 0 Å². The molecular weight excluding hydrogens is 226 g/mol. The fourth-order valence-electron chi connectivity index (χ4n) is 1.91. The molecule has 6 heteroatoms. The third-order valence-electron chi connectivity index (χ3n) is 2.74. The number of carbonyl (C=O) groups is 1. The molecule has 0 radical (unpaired) electrons. The molecular formula is C11H21NO5. The summed E-state index contributed by atoms with van der Waals surface area (Å²) < 4.78 is 5.05. The summed E-state index contributed by atoms with van der Waals surface area (Å²) in [6.45, 7) is 5.00. The van der Waals surface area contributed by atoms with Gasteiger partial charge in [-0.25, -0.2) is 4.79 Å². The van der Waals surface area contributed by atoms with Crippen molar-refractivity contribution < 1.29 is 24.9 Å². The first-order valence-electron chi connectivity index (χ1n) is 5.71. The number of aliphatic hydroxyl groups excluding tert-OH is 3. The minimum atomic E-state index is -1.07. The average Bonchev–Trinajstić information content (AvgIpc) is 2.43. The zero-order chi connectivity index (χ0) is 13.2. The van der Waals surface area contributed by atoms with Crippen LogP contribution in [0.5, 0.6) is 0 Å². The predicted octanol–water partition coefficient (Wildman–Crippen LogP) is -0.386. The van der Waals surface area contributed by atoms with E-state index in [4.69, 9.17) is 9.84 Å². The zero-order valence-electron chi connectivity index (χ0n) is 10.4. The van der Waals surface area contributed by atoms with E-state index in [9.17, 15) is 15.0 Å². The number of hydrogen-bond donors (Lipinski definition) is 4. The molecule has 17 heavy (non-hydrogen) atoms. The molecule has 0 aliphatic heterocycles. The minimum absolute atomic E-state index is 0.218. The highest BCUT2D eigenvalue weighted by atomic mass is 16.6. The van der Waals surface area contributed by atoms with Crippen LogP contribution in [0, 0.1) is 5.92 Å². The van der Waals surface area contributed by atoms with Crippen LogP contribution in [0.2, 0.25) is 0 Å². The first kappa shape index (κ1) is 14.2. The van der Waals surface area contributed by atoms with Gasteiger partial charge in [-0.3, -0.25) is 0 Å². The van der Waals surface area contributed by atoms with Crippen molar-refractivity contribution in [2.45, 2.75) is 51.0 Å². The molecule has 6 nitrogen and oxygen atoms in total. The summed E-state index contributed by atoms with van der Waals surface area (Å²) in [7, 11) is 0. The third kappa shape index (κ3) is 3.83. The van der Waals surface area contributed by atoms with Gasteiger partial charge in [-0.15, -0.1) is 0 Å². The van der Waals surface area contributed by atoms with Crippen LogP contribution in [0.25, 0.3) is 0 Å². The van der Waals surface area contributed by atoms with Gasteiger partial charge in [0.1, 0.15) is 11.7 Å². The lowest BCUT2D eigenvalue weighted by Gasteiger charge is -2.23. The predicted molar refractivity (Wildman–Crippen MR) is 60.4 cm³/mol. The number of hydrogen-bond acceptors (Lipinski definition) is 5. The first-order valence-corrected chi connectivity index (χ1v) is 5.71. The maximum Gasteiger partial charge on any atom is 0.407 e. The fourth-order valence-corrected chi connectivity index (χ4v) is 1.91. The number of amides is 1. The number of aliphatic hydroxyl groups is 3. The Labute approximate surface area is 101 Å². The third-order valence-corrected chi connectivity index (χ3v) is 2.74. The quantitative estimate of drug-likeness (QED) is 0.533. The van der Waals surface area contributed by atoms with E-state index in [1.807, 2.05) is 0 Å². The lowest BCUT2D eigenvalue weighted by molar-refractivity contribution is -0.00266. The van der Waals surface area contributed by atoms with E-state index in [1.165, 1.54) is 0 Å². The topological polar surface area (TPSA) is 99.0 Å². The summed E-state index contributed by atoms with van der Waals surface area (Å²) in [6.07, 6.45) is -2.38. The Morgan fingerprint density at radius 1 is 1.35 bits per heavy atom. The molecule has 0 saturated heterocycles. The lowest BCUT2D eigenvalue weighted by atomic mass is 10.1. The van der Waals surface area contributed by atoms with Gasteiger partial charge in [0.25, 0.3) is 0 Å². The Balaban J connectivity index is 2.50. The number of ether oxygens (including phenoxy) is 1. The van der Waals surface area contributed by atoms with Crippen LogP contribution in [0.4, 0.5) is 4.79 Å². The highest BCUT2D eigenvalue weighted by molar-refractivity contribution is 5.68. The summed E-state index contributed by atoms with van der Waals surface area (Å²) in [5, 5.41) is 30.7. The van der Waals surface area contributed by atoms with Crippen molar-refractivity contribution in [3.05, 3.63) is 0 Å². The summed E-state index contributed by atoms with van der Waals surface area (Å²) in [4.78, 5) is 11.5. The molecule has 1 fully saturated rings. The van der Waals surface area contributed by atoms with Gasteiger partial charge in [0, 0.05) is 12.5 Å². The van der Waals surface area contributed by atoms with Crippen molar-refractivity contribution in [1.82, 2.24) is 5.32 Å². The van der Waals surface area contributed by atoms with E-state index in [1.54, 1.807) is 20.8 Å². The van der Waals surface area contributed by atoms with Crippen molar-refractivity contribution in [2.75, 3.05) is 6.61 Å². The normalized spacial score (nSPS) is 33.5. The second-order valence-corrected chi connectivity index (χ2v) is 5.41. The highest BCUT2D eigenvalue weighted by Crippen LogP contribution is 2.26. The number of alkyl carbamates (subject to hydrolysis) is 1. The van der Waals surface area contributed by atoms with Crippen LogP contribution < -0.4 is 5.32 Å². The molecule has 0 aromatic heterocycles. The summed E-state index contributed by atoms with van der Waals surface area (Å²) in [5.41, 5.74) is -0.608. The number of rotatable bonds is 2. The molecule has 4 atom stereocenters. The van der Waals surface area contributed by atoms with E-state index in [0.29, 0.717) is 6.42 Å². The standard InChI is InChI=1S/C11H21NO5/c1-11(2,3)17-10(16)12-7-4-6(5-13)8(14)9(7)15/h6-9,13-15H,4-5H2,1-3H3,(H,12,16)/t6-,7?,8-,9?/m1/s1. The SMILES string of the molecule is CC(C)(C)OC(=O)NC1C[C@H](CO)[C@@H](O)C1O. The van der Waals surface area contributed by atoms with Gasteiger partial charge in [0.15, 0.2) is 0 Å². The van der Waals surface area contributed by atoms with E-state index in [2.05, 4.69) is 5.32 Å². The molecule has 0 spiro atoms. The molecule has 2 unspecified atom stereocenters. The smallest absolute Gasteiger partial charge is 0.407 e. The largest absolute Gasteiger partial charge is 0.444 e. The Hall–Kier alpha value is -0.850. The van der Waals surface area contributed by atoms with Gasteiger partial charge in [-0.1, -0.05) is 0 Å². The maximum absolute atomic E-state index is 11.5. The maximum atomic E-state index is 11.5. The highest BCUT2D eigenvalue weighted by Gasteiger charge is 2.42. The Morgan fingerprint density at radius 3 is 2.35 bits per heavy atom. The second-order valence-electron chi connectivity index (χ2n) is 5.41. The molecule has 1 aliphatic rings. The molecule has 1 aliphatic carbocycles. The van der Waals surface area contributed by atoms with Crippen LogP contribution in [-0.4, -0.2) is 51.9 Å². The number of nitrogens with one attached hydrogen (secondary N) is 1. The molecule has 0 aromatic carbocycles. The average molecular weight is 247 g/mol. The molecule has 0 bridgehead atoms. The Morgan fingerprint density at radius 2 is 1.94 bits per heavy atom. The van der Waals surface area contributed by atoms with E-state index in [0.717, 1.165) is 0 Å². The van der Waals surface area contributed by atoms with Gasteiger partial charge in [-0.05, 0) is 27.2 Å². The van der Waals surface area contributed by atoms with Crippen molar-refractivity contribution in [2.24, 2.45) is 5.92 Å². The molecule has 100 valence electrons. The molecule has 1 amide bonds. The van der Waals surface area contributed by atoms with Crippen LogP contribution >= 0.6 is 0 Å². The first-order chi connectivity index (χ1) is 7.74. The zero-order valence-corrected chi connectivity index (χ0v) is 10.4. The lowest BCUT2D eigenvalue weighted by Crippen LogP contribution is -2.45. The van der Waals surface area contributed by atoms with Crippen molar-refractivity contribution in [3.8, 4) is 0 Å². The molecule has 0 heterocycles. The van der Waals surface area contributed by atoms with Crippen LogP contribution in [0.15, 0.2) is 0 Å². The Kier molecular flexibility index (Phi) is 4.35. The summed E-state index contributed by atoms with van der Waals surface area (Å²) in [6, 6.07) is -0.586. The second kappa shape index (κ2) is 5.20.